The number of carbonyl (C=O) groups excluding carboxylic acids is 1. The van der Waals surface area contributed by atoms with Gasteiger partial charge >= 0.3 is 0 Å². The molecule has 28 heavy (non-hydrogen) atoms. The predicted molar refractivity (Wildman–Crippen MR) is 107 cm³/mol. The van der Waals surface area contributed by atoms with Crippen LogP contribution in [-0.2, 0) is 14.8 Å². The Morgan fingerprint density at radius 1 is 1.29 bits per heavy atom. The van der Waals surface area contributed by atoms with Crippen molar-refractivity contribution in [2.75, 3.05) is 25.3 Å². The first-order valence-corrected chi connectivity index (χ1v) is 10.5. The van der Waals surface area contributed by atoms with E-state index in [1.54, 1.807) is 19.9 Å². The number of anilines is 1. The lowest BCUT2D eigenvalue weighted by atomic mass is 10.2. The summed E-state index contributed by atoms with van der Waals surface area (Å²) in [5.74, 6) is 5.28. The van der Waals surface area contributed by atoms with Gasteiger partial charge in [0, 0.05) is 19.8 Å². The minimum atomic E-state index is -3.63. The zero-order valence-corrected chi connectivity index (χ0v) is 17.8. The first kappa shape index (κ1) is 21.9. The van der Waals surface area contributed by atoms with Crippen LogP contribution in [0.2, 0.25) is 0 Å². The lowest BCUT2D eigenvalue weighted by molar-refractivity contribution is -0.115. The Hall–Kier alpha value is -2.44. The van der Waals surface area contributed by atoms with E-state index in [1.807, 2.05) is 0 Å². The maximum atomic E-state index is 12.6. The van der Waals surface area contributed by atoms with E-state index >= 15 is 0 Å². The average Bonchev–Trinajstić information content (AvgIpc) is 2.63. The highest BCUT2D eigenvalue weighted by molar-refractivity contribution is 8.00. The van der Waals surface area contributed by atoms with Crippen LogP contribution in [0.1, 0.15) is 18.2 Å². The number of nitrogens with zero attached hydrogens (tertiary/aromatic N) is 4. The highest BCUT2D eigenvalue weighted by Crippen LogP contribution is 2.24. The summed E-state index contributed by atoms with van der Waals surface area (Å²) in [7, 11) is -0.768. The van der Waals surface area contributed by atoms with Crippen LogP contribution in [-0.4, -0.2) is 52.8 Å². The highest BCUT2D eigenvalue weighted by atomic mass is 32.2. The first-order chi connectivity index (χ1) is 12.9. The van der Waals surface area contributed by atoms with Crippen molar-refractivity contribution in [2.24, 2.45) is 0 Å². The van der Waals surface area contributed by atoms with Crippen molar-refractivity contribution < 1.29 is 13.2 Å². The van der Waals surface area contributed by atoms with Crippen LogP contribution in [0, 0.1) is 13.8 Å². The van der Waals surface area contributed by atoms with Crippen molar-refractivity contribution >= 4 is 33.4 Å². The van der Waals surface area contributed by atoms with E-state index in [0.29, 0.717) is 11.3 Å². The van der Waals surface area contributed by atoms with Crippen LogP contribution in [0.25, 0.3) is 0 Å². The second-order valence-electron chi connectivity index (χ2n) is 6.26. The fraction of sp³-hybridized carbons (Fsp3) is 0.375. The number of aromatic nitrogens is 3. The minimum absolute atomic E-state index is 0.0684. The van der Waals surface area contributed by atoms with Crippen molar-refractivity contribution in [1.82, 2.24) is 19.2 Å². The molecule has 1 aromatic carbocycles. The van der Waals surface area contributed by atoms with Gasteiger partial charge in [-0.05, 0) is 38.5 Å². The maximum Gasteiger partial charge on any atom is 0.294 e. The number of hydrogen-bond acceptors (Lipinski definition) is 8. The molecule has 2 rings (SSSR count). The number of carbonyl (C=O) groups is 1. The Bertz CT molecular complexity index is 1070. The van der Waals surface area contributed by atoms with E-state index in [-0.39, 0.29) is 15.7 Å². The molecule has 0 saturated carbocycles. The molecule has 12 heteroatoms. The Balaban J connectivity index is 2.23. The quantitative estimate of drug-likeness (QED) is 0.498. The molecular formula is C16H22N6O4S2. The molecular weight excluding hydrogens is 404 g/mol. The summed E-state index contributed by atoms with van der Waals surface area (Å²) < 4.78 is 26.5. The van der Waals surface area contributed by atoms with E-state index in [2.05, 4.69) is 15.5 Å². The zero-order chi connectivity index (χ0) is 21.2. The molecule has 0 fully saturated rings. The lowest BCUT2D eigenvalue weighted by Gasteiger charge is -2.16. The van der Waals surface area contributed by atoms with Crippen LogP contribution < -0.4 is 16.7 Å². The molecule has 2 aromatic rings. The Morgan fingerprint density at radius 3 is 2.54 bits per heavy atom. The molecule has 0 aliphatic carbocycles. The number of thioether (sulfide) groups is 1. The number of amides is 1. The van der Waals surface area contributed by atoms with Gasteiger partial charge < -0.3 is 11.2 Å². The number of hydrogen-bond donors (Lipinski definition) is 2. The Morgan fingerprint density at radius 2 is 1.93 bits per heavy atom. The van der Waals surface area contributed by atoms with E-state index in [4.69, 9.17) is 5.84 Å². The molecule has 0 aliphatic heterocycles. The number of sulfonamides is 1. The molecule has 152 valence electrons. The van der Waals surface area contributed by atoms with E-state index < -0.39 is 26.7 Å². The highest BCUT2D eigenvalue weighted by Gasteiger charge is 2.21. The summed E-state index contributed by atoms with van der Waals surface area (Å²) in [4.78, 5) is 24.5. The van der Waals surface area contributed by atoms with Gasteiger partial charge in [0.1, 0.15) is 5.69 Å². The molecule has 0 radical (unpaired) electrons. The van der Waals surface area contributed by atoms with Crippen LogP contribution in [0.15, 0.2) is 33.0 Å². The van der Waals surface area contributed by atoms with Crippen LogP contribution in [0.4, 0.5) is 5.69 Å². The molecule has 0 bridgehead atoms. The second kappa shape index (κ2) is 8.29. The smallest absolute Gasteiger partial charge is 0.294 e. The fourth-order valence-electron chi connectivity index (χ4n) is 2.10. The summed E-state index contributed by atoms with van der Waals surface area (Å²) in [5, 5.41) is 9.69. The molecule has 0 spiro atoms. The normalized spacial score (nSPS) is 12.8. The zero-order valence-electron chi connectivity index (χ0n) is 16.1. The largest absolute Gasteiger partial charge is 0.334 e. The van der Waals surface area contributed by atoms with Gasteiger partial charge in [0.15, 0.2) is 0 Å². The molecule has 1 atom stereocenters. The summed E-state index contributed by atoms with van der Waals surface area (Å²) in [6.45, 7) is 4.85. The Kier molecular flexibility index (Phi) is 6.47. The van der Waals surface area contributed by atoms with Gasteiger partial charge in [-0.3, -0.25) is 9.59 Å². The molecule has 0 saturated heterocycles. The summed E-state index contributed by atoms with van der Waals surface area (Å²) in [6.07, 6.45) is 0. The standard InChI is InChI=1S/C16H22N6O4S2/c1-9-6-7-12(28(25,26)21(4)5)8-13(9)18-14(23)11(3)27-16-20-19-10(2)15(24)22(16)17/h6-8,11H,17H2,1-5H3,(H,18,23). The van der Waals surface area contributed by atoms with Crippen molar-refractivity contribution in [3.05, 3.63) is 39.8 Å². The topological polar surface area (TPSA) is 140 Å². The second-order valence-corrected chi connectivity index (χ2v) is 9.72. The van der Waals surface area contributed by atoms with Gasteiger partial charge in [-0.15, -0.1) is 10.2 Å². The average molecular weight is 427 g/mol. The lowest BCUT2D eigenvalue weighted by Crippen LogP contribution is -2.33. The van der Waals surface area contributed by atoms with Gasteiger partial charge in [-0.1, -0.05) is 17.8 Å². The third-order valence-electron chi connectivity index (χ3n) is 3.92. The predicted octanol–water partition coefficient (Wildman–Crippen LogP) is 0.339. The summed E-state index contributed by atoms with van der Waals surface area (Å²) >= 11 is 0.967. The molecule has 3 N–H and O–H groups in total. The minimum Gasteiger partial charge on any atom is -0.334 e. The molecule has 1 heterocycles. The fourth-order valence-corrected chi connectivity index (χ4v) is 3.80. The number of rotatable bonds is 6. The molecule has 1 amide bonds. The van der Waals surface area contributed by atoms with Gasteiger partial charge in [0.2, 0.25) is 21.1 Å². The SMILES string of the molecule is Cc1ccc(S(=O)(=O)N(C)C)cc1NC(=O)C(C)Sc1nnc(C)c(=O)n1N. The van der Waals surface area contributed by atoms with E-state index in [1.165, 1.54) is 33.2 Å². The first-order valence-electron chi connectivity index (χ1n) is 8.17. The number of aryl methyl sites for hydroxylation is 2. The molecule has 1 aromatic heterocycles. The summed E-state index contributed by atoms with van der Waals surface area (Å²) in [6, 6.07) is 4.50. The van der Waals surface area contributed by atoms with Crippen molar-refractivity contribution in [3.8, 4) is 0 Å². The van der Waals surface area contributed by atoms with Crippen molar-refractivity contribution in [2.45, 2.75) is 36.1 Å². The summed E-state index contributed by atoms with van der Waals surface area (Å²) in [5.41, 5.74) is 0.732. The monoisotopic (exact) mass is 426 g/mol. The third kappa shape index (κ3) is 4.51. The van der Waals surface area contributed by atoms with E-state index in [0.717, 1.165) is 20.7 Å². The third-order valence-corrected chi connectivity index (χ3v) is 6.78. The molecule has 1 unspecified atom stereocenters. The van der Waals surface area contributed by atoms with Gasteiger partial charge in [-0.2, -0.15) is 4.68 Å². The number of benzene rings is 1. The van der Waals surface area contributed by atoms with Gasteiger partial charge in [0.25, 0.3) is 5.56 Å². The van der Waals surface area contributed by atoms with Crippen molar-refractivity contribution in [3.63, 3.8) is 0 Å². The molecule has 10 nitrogen and oxygen atoms in total. The van der Waals surface area contributed by atoms with Crippen LogP contribution >= 0.6 is 11.8 Å². The van der Waals surface area contributed by atoms with Gasteiger partial charge in [-0.25, -0.2) is 12.7 Å². The van der Waals surface area contributed by atoms with E-state index in [9.17, 15) is 18.0 Å². The number of nitrogens with two attached hydrogens (primary N) is 1. The maximum absolute atomic E-state index is 12.6. The Labute approximate surface area is 167 Å². The molecule has 0 aliphatic rings. The number of nitrogen functional groups attached to an aromatic ring is 1. The van der Waals surface area contributed by atoms with Gasteiger partial charge in [0.05, 0.1) is 10.1 Å². The number of nitrogens with one attached hydrogen (secondary N) is 1. The van der Waals surface area contributed by atoms with Crippen LogP contribution in [0.5, 0.6) is 0 Å². The van der Waals surface area contributed by atoms with Crippen molar-refractivity contribution in [1.29, 1.82) is 0 Å². The van der Waals surface area contributed by atoms with Crippen LogP contribution in [0.3, 0.4) is 0 Å².